The first-order chi connectivity index (χ1) is 7.19. The highest BCUT2D eigenvalue weighted by molar-refractivity contribution is 9.10. The fourth-order valence-electron chi connectivity index (χ4n) is 1.08. The summed E-state index contributed by atoms with van der Waals surface area (Å²) in [5.41, 5.74) is 0.781. The van der Waals surface area contributed by atoms with Crippen LogP contribution in [0.3, 0.4) is 0 Å². The summed E-state index contributed by atoms with van der Waals surface area (Å²) in [6.07, 6.45) is 0.765. The molecule has 1 aromatic carbocycles. The number of aliphatic hydroxyl groups is 1. The molecule has 0 atom stereocenters. The predicted octanol–water partition coefficient (Wildman–Crippen LogP) is 2.91. The van der Waals surface area contributed by atoms with Crippen LogP contribution in [0.15, 0.2) is 35.0 Å². The van der Waals surface area contributed by atoms with Gasteiger partial charge in [-0.05, 0) is 24.6 Å². The molecule has 0 saturated heterocycles. The SMILES string of the molecule is CCOC(=O)/C(=C/O)c1ccc(Br)cc1. The minimum absolute atomic E-state index is 0.157. The van der Waals surface area contributed by atoms with Crippen LogP contribution in [-0.4, -0.2) is 17.7 Å². The normalized spacial score (nSPS) is 11.2. The Morgan fingerprint density at radius 3 is 2.53 bits per heavy atom. The van der Waals surface area contributed by atoms with Crippen molar-refractivity contribution in [3.8, 4) is 0 Å². The molecule has 0 heterocycles. The fraction of sp³-hybridized carbons (Fsp3) is 0.182. The van der Waals surface area contributed by atoms with E-state index in [-0.39, 0.29) is 12.2 Å². The number of carbonyl (C=O) groups is 1. The highest BCUT2D eigenvalue weighted by atomic mass is 79.9. The zero-order valence-corrected chi connectivity index (χ0v) is 9.82. The number of aliphatic hydroxyl groups excluding tert-OH is 1. The Hall–Kier alpha value is -1.29. The van der Waals surface area contributed by atoms with E-state index in [1.54, 1.807) is 31.2 Å². The van der Waals surface area contributed by atoms with Crippen molar-refractivity contribution in [1.29, 1.82) is 0 Å². The number of carbonyl (C=O) groups excluding carboxylic acids is 1. The Kier molecular flexibility index (Phi) is 4.37. The largest absolute Gasteiger partial charge is 0.515 e. The van der Waals surface area contributed by atoms with Crippen molar-refractivity contribution < 1.29 is 14.6 Å². The number of benzene rings is 1. The summed E-state index contributed by atoms with van der Waals surface area (Å²) in [7, 11) is 0. The van der Waals surface area contributed by atoms with Gasteiger partial charge in [-0.2, -0.15) is 0 Å². The van der Waals surface area contributed by atoms with Crippen molar-refractivity contribution in [3.63, 3.8) is 0 Å². The van der Waals surface area contributed by atoms with Gasteiger partial charge in [-0.1, -0.05) is 28.1 Å². The molecule has 0 aliphatic carbocycles. The van der Waals surface area contributed by atoms with E-state index in [2.05, 4.69) is 15.9 Å². The molecule has 0 aliphatic heterocycles. The molecule has 0 saturated carbocycles. The standard InChI is InChI=1S/C11H11BrO3/c1-2-15-11(14)10(7-13)8-3-5-9(12)6-4-8/h3-7,13H,2H2,1H3/b10-7+. The molecule has 0 fully saturated rings. The number of hydrogen-bond acceptors (Lipinski definition) is 3. The third kappa shape index (κ3) is 3.09. The predicted molar refractivity (Wildman–Crippen MR) is 61.4 cm³/mol. The van der Waals surface area contributed by atoms with Gasteiger partial charge in [0, 0.05) is 4.47 Å². The summed E-state index contributed by atoms with van der Waals surface area (Å²) in [5.74, 6) is -0.526. The average molecular weight is 271 g/mol. The van der Waals surface area contributed by atoms with Gasteiger partial charge < -0.3 is 9.84 Å². The van der Waals surface area contributed by atoms with Gasteiger partial charge in [-0.15, -0.1) is 0 Å². The summed E-state index contributed by atoms with van der Waals surface area (Å²) in [6.45, 7) is 2.00. The van der Waals surface area contributed by atoms with Gasteiger partial charge in [0.05, 0.1) is 12.9 Å². The molecule has 3 nitrogen and oxygen atoms in total. The van der Waals surface area contributed by atoms with Gasteiger partial charge in [-0.3, -0.25) is 0 Å². The van der Waals surface area contributed by atoms with E-state index in [1.807, 2.05) is 0 Å². The van der Waals surface area contributed by atoms with Crippen molar-refractivity contribution in [1.82, 2.24) is 0 Å². The van der Waals surface area contributed by atoms with E-state index in [4.69, 9.17) is 9.84 Å². The van der Waals surface area contributed by atoms with Crippen molar-refractivity contribution in [3.05, 3.63) is 40.6 Å². The smallest absolute Gasteiger partial charge is 0.341 e. The molecule has 1 aromatic rings. The lowest BCUT2D eigenvalue weighted by Gasteiger charge is -2.05. The minimum Gasteiger partial charge on any atom is -0.515 e. The lowest BCUT2D eigenvalue weighted by atomic mass is 10.1. The van der Waals surface area contributed by atoms with E-state index >= 15 is 0 Å². The number of hydrogen-bond donors (Lipinski definition) is 1. The molecule has 0 unspecified atom stereocenters. The monoisotopic (exact) mass is 270 g/mol. The van der Waals surface area contributed by atoms with Gasteiger partial charge in [0.25, 0.3) is 0 Å². The molecular weight excluding hydrogens is 260 g/mol. The lowest BCUT2D eigenvalue weighted by Crippen LogP contribution is -2.06. The zero-order valence-electron chi connectivity index (χ0n) is 8.24. The second-order valence-electron chi connectivity index (χ2n) is 2.77. The van der Waals surface area contributed by atoms with Crippen LogP contribution in [0.4, 0.5) is 0 Å². The van der Waals surface area contributed by atoms with Crippen LogP contribution in [0, 0.1) is 0 Å². The van der Waals surface area contributed by atoms with Gasteiger partial charge in [0.1, 0.15) is 5.57 Å². The van der Waals surface area contributed by atoms with Crippen molar-refractivity contribution in [2.75, 3.05) is 6.61 Å². The molecule has 0 amide bonds. The molecule has 0 radical (unpaired) electrons. The summed E-state index contributed by atoms with van der Waals surface area (Å²) in [4.78, 5) is 11.4. The van der Waals surface area contributed by atoms with E-state index in [0.29, 0.717) is 5.56 Å². The summed E-state index contributed by atoms with van der Waals surface area (Å²) >= 11 is 3.29. The summed E-state index contributed by atoms with van der Waals surface area (Å²) in [5, 5.41) is 8.97. The van der Waals surface area contributed by atoms with Gasteiger partial charge in [0.2, 0.25) is 0 Å². The van der Waals surface area contributed by atoms with Crippen LogP contribution < -0.4 is 0 Å². The van der Waals surface area contributed by atoms with Crippen LogP contribution in [0.25, 0.3) is 5.57 Å². The lowest BCUT2D eigenvalue weighted by molar-refractivity contribution is -0.136. The second-order valence-corrected chi connectivity index (χ2v) is 3.69. The maximum absolute atomic E-state index is 11.4. The molecule has 0 aliphatic rings. The second kappa shape index (κ2) is 5.56. The van der Waals surface area contributed by atoms with Crippen molar-refractivity contribution >= 4 is 27.5 Å². The van der Waals surface area contributed by atoms with Crippen LogP contribution in [0.1, 0.15) is 12.5 Å². The first-order valence-electron chi connectivity index (χ1n) is 4.46. The molecule has 0 aromatic heterocycles. The molecule has 80 valence electrons. The van der Waals surface area contributed by atoms with E-state index in [9.17, 15) is 4.79 Å². The number of halogens is 1. The first-order valence-corrected chi connectivity index (χ1v) is 5.25. The van der Waals surface area contributed by atoms with E-state index < -0.39 is 5.97 Å². The number of rotatable bonds is 3. The molecule has 1 rings (SSSR count). The maximum atomic E-state index is 11.4. The van der Waals surface area contributed by atoms with Gasteiger partial charge in [0.15, 0.2) is 0 Å². The molecule has 0 bridgehead atoms. The highest BCUT2D eigenvalue weighted by Gasteiger charge is 2.12. The maximum Gasteiger partial charge on any atom is 0.341 e. The average Bonchev–Trinajstić information content (AvgIpc) is 2.22. The van der Waals surface area contributed by atoms with Gasteiger partial charge >= 0.3 is 5.97 Å². The summed E-state index contributed by atoms with van der Waals surface area (Å²) < 4.78 is 5.71. The van der Waals surface area contributed by atoms with Crippen LogP contribution in [0.5, 0.6) is 0 Å². The Labute approximate surface area is 96.5 Å². The first kappa shape index (κ1) is 11.8. The summed E-state index contributed by atoms with van der Waals surface area (Å²) in [6, 6.07) is 7.03. The Morgan fingerprint density at radius 2 is 2.07 bits per heavy atom. The van der Waals surface area contributed by atoms with Gasteiger partial charge in [-0.25, -0.2) is 4.79 Å². The third-order valence-corrected chi connectivity index (χ3v) is 2.31. The zero-order chi connectivity index (χ0) is 11.3. The van der Waals surface area contributed by atoms with Crippen molar-refractivity contribution in [2.24, 2.45) is 0 Å². The Morgan fingerprint density at radius 1 is 1.47 bits per heavy atom. The van der Waals surface area contributed by atoms with Crippen molar-refractivity contribution in [2.45, 2.75) is 6.92 Å². The van der Waals surface area contributed by atoms with E-state index in [1.165, 1.54) is 0 Å². The highest BCUT2D eigenvalue weighted by Crippen LogP contribution is 2.18. The third-order valence-electron chi connectivity index (χ3n) is 1.78. The van der Waals surface area contributed by atoms with Crippen LogP contribution >= 0.6 is 15.9 Å². The molecule has 15 heavy (non-hydrogen) atoms. The molecule has 1 N–H and O–H groups in total. The minimum atomic E-state index is -0.526. The Bertz CT molecular complexity index is 368. The fourth-order valence-corrected chi connectivity index (χ4v) is 1.35. The number of esters is 1. The molecule has 4 heteroatoms. The van der Waals surface area contributed by atoms with Crippen LogP contribution in [0.2, 0.25) is 0 Å². The van der Waals surface area contributed by atoms with E-state index in [0.717, 1.165) is 10.7 Å². The molecular formula is C11H11BrO3. The topological polar surface area (TPSA) is 46.5 Å². The Balaban J connectivity index is 2.94. The number of ether oxygens (including phenoxy) is 1. The molecule has 0 spiro atoms. The quantitative estimate of drug-likeness (QED) is 0.522. The van der Waals surface area contributed by atoms with Crippen LogP contribution in [-0.2, 0) is 9.53 Å².